The second-order valence-electron chi connectivity index (χ2n) is 6.87. The van der Waals surface area contributed by atoms with Crippen LogP contribution in [0.2, 0.25) is 0 Å². The van der Waals surface area contributed by atoms with Crippen LogP contribution in [0, 0.1) is 12.8 Å². The fraction of sp³-hybridized carbons (Fsp3) is 0.333. The molecule has 144 valence electrons. The van der Waals surface area contributed by atoms with Crippen LogP contribution in [-0.2, 0) is 11.3 Å². The molecule has 0 spiro atoms. The number of hydrogen-bond acceptors (Lipinski definition) is 2. The summed E-state index contributed by atoms with van der Waals surface area (Å²) in [6.45, 7) is 2.49. The van der Waals surface area contributed by atoms with Gasteiger partial charge in [0.1, 0.15) is 0 Å². The molecule has 0 heterocycles. The van der Waals surface area contributed by atoms with Crippen molar-refractivity contribution in [2.45, 2.75) is 39.2 Å². The van der Waals surface area contributed by atoms with Crippen LogP contribution in [-0.4, -0.2) is 11.9 Å². The van der Waals surface area contributed by atoms with Crippen LogP contribution in [0.15, 0.2) is 53.5 Å². The van der Waals surface area contributed by atoms with Crippen molar-refractivity contribution < 1.29 is 4.79 Å². The smallest absolute Gasteiger partial charge is 0.227 e. The summed E-state index contributed by atoms with van der Waals surface area (Å²) >= 11 is 0. The van der Waals surface area contributed by atoms with Crippen LogP contribution in [0.1, 0.15) is 36.8 Å². The van der Waals surface area contributed by atoms with Crippen molar-refractivity contribution in [3.05, 3.63) is 59.7 Å². The summed E-state index contributed by atoms with van der Waals surface area (Å²) in [6, 6.07) is 15.8. The maximum absolute atomic E-state index is 12.3. The van der Waals surface area contributed by atoms with Crippen molar-refractivity contribution in [2.24, 2.45) is 16.6 Å². The fourth-order valence-corrected chi connectivity index (χ4v) is 3.27. The van der Waals surface area contributed by atoms with Gasteiger partial charge in [-0.25, -0.2) is 4.99 Å². The highest BCUT2D eigenvalue weighted by Gasteiger charge is 2.22. The van der Waals surface area contributed by atoms with Crippen molar-refractivity contribution in [1.82, 2.24) is 0 Å². The van der Waals surface area contributed by atoms with Crippen LogP contribution in [0.4, 0.5) is 11.4 Å². The summed E-state index contributed by atoms with van der Waals surface area (Å²) in [7, 11) is 0. The Balaban J connectivity index is 0.00000261. The topological polar surface area (TPSA) is 79.5 Å². The Labute approximate surface area is 177 Å². The van der Waals surface area contributed by atoms with Gasteiger partial charge in [-0.3, -0.25) is 4.79 Å². The zero-order valence-electron chi connectivity index (χ0n) is 15.6. The molecule has 27 heavy (non-hydrogen) atoms. The van der Waals surface area contributed by atoms with Gasteiger partial charge in [0.2, 0.25) is 5.91 Å². The fourth-order valence-electron chi connectivity index (χ4n) is 3.27. The van der Waals surface area contributed by atoms with Gasteiger partial charge in [-0.05, 0) is 55.2 Å². The van der Waals surface area contributed by atoms with E-state index in [-0.39, 0.29) is 35.8 Å². The molecule has 0 saturated heterocycles. The highest BCUT2D eigenvalue weighted by Crippen LogP contribution is 2.26. The number of hydrogen-bond donors (Lipinski definition) is 3. The molecule has 0 radical (unpaired) electrons. The summed E-state index contributed by atoms with van der Waals surface area (Å²) in [4.78, 5) is 16.6. The number of guanidine groups is 1. The summed E-state index contributed by atoms with van der Waals surface area (Å²) < 4.78 is 0. The Hall–Kier alpha value is -2.09. The molecule has 2 aromatic rings. The van der Waals surface area contributed by atoms with E-state index >= 15 is 0 Å². The molecule has 1 aliphatic rings. The number of anilines is 2. The minimum atomic E-state index is 0. The van der Waals surface area contributed by atoms with Gasteiger partial charge in [0, 0.05) is 17.3 Å². The third kappa shape index (κ3) is 6.53. The number of halogens is 1. The number of carbonyl (C=O) groups is 1. The number of nitrogens with two attached hydrogens (primary N) is 1. The summed E-state index contributed by atoms with van der Waals surface area (Å²) in [5.74, 6) is 0.658. The van der Waals surface area contributed by atoms with E-state index < -0.39 is 0 Å². The van der Waals surface area contributed by atoms with E-state index in [0.29, 0.717) is 12.5 Å². The molecule has 2 aromatic carbocycles. The van der Waals surface area contributed by atoms with Crippen LogP contribution in [0.3, 0.4) is 0 Å². The molecule has 0 unspecified atom stereocenters. The molecule has 0 atom stereocenters. The third-order valence-corrected chi connectivity index (χ3v) is 4.64. The summed E-state index contributed by atoms with van der Waals surface area (Å²) in [5.41, 5.74) is 9.88. The zero-order valence-corrected chi connectivity index (χ0v) is 17.9. The van der Waals surface area contributed by atoms with Crippen molar-refractivity contribution in [1.29, 1.82) is 0 Å². The van der Waals surface area contributed by atoms with E-state index in [1.165, 1.54) is 0 Å². The van der Waals surface area contributed by atoms with Gasteiger partial charge >= 0.3 is 0 Å². The standard InChI is InChI=1S/C21H26N4O.HI/c1-15-6-4-10-18(12-15)25-21(22)23-14-16-7-5-11-19(13-16)24-20(26)17-8-2-3-9-17;/h4-7,10-13,17H,2-3,8-9,14H2,1H3,(H,24,26)(H3,22,23,25);1H. The van der Waals surface area contributed by atoms with Gasteiger partial charge < -0.3 is 16.4 Å². The average molecular weight is 478 g/mol. The highest BCUT2D eigenvalue weighted by molar-refractivity contribution is 14.0. The van der Waals surface area contributed by atoms with Crippen LogP contribution < -0.4 is 16.4 Å². The lowest BCUT2D eigenvalue weighted by atomic mass is 10.1. The first-order valence-corrected chi connectivity index (χ1v) is 9.13. The van der Waals surface area contributed by atoms with E-state index in [4.69, 9.17) is 5.73 Å². The average Bonchev–Trinajstić information content (AvgIpc) is 3.15. The quantitative estimate of drug-likeness (QED) is 0.332. The lowest BCUT2D eigenvalue weighted by molar-refractivity contribution is -0.119. The van der Waals surface area contributed by atoms with E-state index in [0.717, 1.165) is 48.2 Å². The monoisotopic (exact) mass is 478 g/mol. The first kappa shape index (κ1) is 21.2. The molecule has 0 aromatic heterocycles. The molecule has 0 aliphatic heterocycles. The van der Waals surface area contributed by atoms with E-state index in [1.807, 2.05) is 55.5 Å². The molecule has 1 fully saturated rings. The molecule has 1 saturated carbocycles. The van der Waals surface area contributed by atoms with Crippen LogP contribution in [0.25, 0.3) is 0 Å². The molecule has 0 bridgehead atoms. The Morgan fingerprint density at radius 3 is 2.44 bits per heavy atom. The first-order valence-electron chi connectivity index (χ1n) is 9.13. The molecule has 3 rings (SSSR count). The second kappa shape index (κ2) is 10.3. The Bertz CT molecular complexity index is 800. The highest BCUT2D eigenvalue weighted by atomic mass is 127. The predicted octanol–water partition coefficient (Wildman–Crippen LogP) is 4.67. The maximum atomic E-state index is 12.3. The third-order valence-electron chi connectivity index (χ3n) is 4.64. The summed E-state index contributed by atoms with van der Waals surface area (Å²) in [6.07, 6.45) is 4.30. The minimum Gasteiger partial charge on any atom is -0.370 e. The SMILES string of the molecule is Cc1cccc(NC(N)=NCc2cccc(NC(=O)C3CCCC3)c2)c1.I. The normalized spacial score (nSPS) is 14.5. The Kier molecular flexibility index (Phi) is 8.09. The molecule has 1 aliphatic carbocycles. The number of carbonyl (C=O) groups excluding carboxylic acids is 1. The van der Waals surface area contributed by atoms with Gasteiger partial charge in [0.05, 0.1) is 6.54 Å². The Morgan fingerprint density at radius 2 is 1.74 bits per heavy atom. The number of rotatable bonds is 5. The maximum Gasteiger partial charge on any atom is 0.227 e. The van der Waals surface area contributed by atoms with Gasteiger partial charge in [-0.1, -0.05) is 37.1 Å². The largest absolute Gasteiger partial charge is 0.370 e. The predicted molar refractivity (Wildman–Crippen MR) is 123 cm³/mol. The van der Waals surface area contributed by atoms with Gasteiger partial charge in [-0.2, -0.15) is 0 Å². The number of benzene rings is 2. The number of nitrogens with zero attached hydrogens (tertiary/aromatic N) is 1. The lowest BCUT2D eigenvalue weighted by Crippen LogP contribution is -2.22. The van der Waals surface area contributed by atoms with Crippen molar-refractivity contribution in [2.75, 3.05) is 10.6 Å². The van der Waals surface area contributed by atoms with Crippen LogP contribution in [0.5, 0.6) is 0 Å². The van der Waals surface area contributed by atoms with Gasteiger partial charge in [-0.15, -0.1) is 24.0 Å². The molecule has 5 nitrogen and oxygen atoms in total. The molecule has 6 heteroatoms. The summed E-state index contributed by atoms with van der Waals surface area (Å²) in [5, 5.41) is 6.12. The molecular weight excluding hydrogens is 451 g/mol. The van der Waals surface area contributed by atoms with Gasteiger partial charge in [0.25, 0.3) is 0 Å². The number of amides is 1. The van der Waals surface area contributed by atoms with Gasteiger partial charge in [0.15, 0.2) is 5.96 Å². The second-order valence-corrected chi connectivity index (χ2v) is 6.87. The Morgan fingerprint density at radius 1 is 1.07 bits per heavy atom. The number of aryl methyl sites for hydroxylation is 1. The number of aliphatic imine (C=N–C) groups is 1. The van der Waals surface area contributed by atoms with Crippen molar-refractivity contribution in [3.8, 4) is 0 Å². The lowest BCUT2D eigenvalue weighted by Gasteiger charge is -2.11. The van der Waals surface area contributed by atoms with E-state index in [2.05, 4.69) is 15.6 Å². The van der Waals surface area contributed by atoms with Crippen molar-refractivity contribution in [3.63, 3.8) is 0 Å². The minimum absolute atomic E-state index is 0. The molecular formula is C21H27IN4O. The van der Waals surface area contributed by atoms with Crippen molar-refractivity contribution >= 4 is 47.2 Å². The van der Waals surface area contributed by atoms with Crippen LogP contribution >= 0.6 is 24.0 Å². The van der Waals surface area contributed by atoms with E-state index in [9.17, 15) is 4.79 Å². The first-order chi connectivity index (χ1) is 12.6. The molecule has 1 amide bonds. The number of nitrogens with one attached hydrogen (secondary N) is 2. The molecule has 4 N–H and O–H groups in total. The zero-order chi connectivity index (χ0) is 18.4. The van der Waals surface area contributed by atoms with E-state index in [1.54, 1.807) is 0 Å².